The van der Waals surface area contributed by atoms with Gasteiger partial charge in [-0.25, -0.2) is 0 Å². The number of anilines is 1. The summed E-state index contributed by atoms with van der Waals surface area (Å²) in [5, 5.41) is 3.16. The van der Waals surface area contributed by atoms with Crippen LogP contribution in [0.1, 0.15) is 39.0 Å². The largest absolute Gasteiger partial charge is 0.353 e. The Hall–Kier alpha value is -1.84. The third-order valence-electron chi connectivity index (χ3n) is 4.93. The van der Waals surface area contributed by atoms with Crippen molar-refractivity contribution in [3.63, 3.8) is 0 Å². The number of hydrogen-bond donors (Lipinski definition) is 1. The molecule has 0 unspecified atom stereocenters. The van der Waals surface area contributed by atoms with Crippen LogP contribution in [0.3, 0.4) is 0 Å². The summed E-state index contributed by atoms with van der Waals surface area (Å²) in [6.45, 7) is 2.77. The lowest BCUT2D eigenvalue weighted by Crippen LogP contribution is -2.41. The van der Waals surface area contributed by atoms with Gasteiger partial charge in [0.1, 0.15) is 0 Å². The molecule has 1 saturated carbocycles. The molecule has 2 amide bonds. The summed E-state index contributed by atoms with van der Waals surface area (Å²) < 4.78 is 0. The molecule has 2 fully saturated rings. The Morgan fingerprint density at radius 1 is 1.14 bits per heavy atom. The minimum absolute atomic E-state index is 0.0450. The van der Waals surface area contributed by atoms with Crippen molar-refractivity contribution in [2.45, 2.75) is 45.1 Å². The van der Waals surface area contributed by atoms with Gasteiger partial charge < -0.3 is 10.2 Å². The van der Waals surface area contributed by atoms with Crippen LogP contribution in [-0.2, 0) is 9.59 Å². The number of rotatable bonds is 3. The maximum atomic E-state index is 12.4. The standard InChI is InChI=1S/C18H24N2O2/c1-13-7-9-15(10-8-13)19-18(22)14-11-17(21)20(12-14)16-5-3-2-4-6-16/h2-6,13-15H,7-12H2,1H3,(H,19,22)/t13?,14-,15?/m1/s1. The van der Waals surface area contributed by atoms with Gasteiger partial charge in [0.15, 0.2) is 0 Å². The normalized spacial score (nSPS) is 28.7. The van der Waals surface area contributed by atoms with Crippen LogP contribution in [0.2, 0.25) is 0 Å². The first-order chi connectivity index (χ1) is 10.6. The Labute approximate surface area is 131 Å². The second-order valence-electron chi connectivity index (χ2n) is 6.71. The van der Waals surface area contributed by atoms with Gasteiger partial charge in [-0.2, -0.15) is 0 Å². The van der Waals surface area contributed by atoms with E-state index in [4.69, 9.17) is 0 Å². The smallest absolute Gasteiger partial charge is 0.227 e. The van der Waals surface area contributed by atoms with E-state index < -0.39 is 0 Å². The summed E-state index contributed by atoms with van der Waals surface area (Å²) in [4.78, 5) is 26.3. The highest BCUT2D eigenvalue weighted by Gasteiger charge is 2.35. The number of benzene rings is 1. The molecule has 1 saturated heterocycles. The van der Waals surface area contributed by atoms with Gasteiger partial charge in [-0.3, -0.25) is 9.59 Å². The van der Waals surface area contributed by atoms with Gasteiger partial charge in [-0.05, 0) is 43.7 Å². The fraction of sp³-hybridized carbons (Fsp3) is 0.556. The van der Waals surface area contributed by atoms with E-state index in [9.17, 15) is 9.59 Å². The highest BCUT2D eigenvalue weighted by Crippen LogP contribution is 2.27. The fourth-order valence-electron chi connectivity index (χ4n) is 3.46. The van der Waals surface area contributed by atoms with Gasteiger partial charge in [0, 0.05) is 24.7 Å². The van der Waals surface area contributed by atoms with Crippen LogP contribution in [-0.4, -0.2) is 24.4 Å². The van der Waals surface area contributed by atoms with Crippen molar-refractivity contribution in [3.8, 4) is 0 Å². The van der Waals surface area contributed by atoms with E-state index >= 15 is 0 Å². The van der Waals surface area contributed by atoms with E-state index in [1.165, 1.54) is 12.8 Å². The Morgan fingerprint density at radius 2 is 1.82 bits per heavy atom. The fourth-order valence-corrected chi connectivity index (χ4v) is 3.46. The van der Waals surface area contributed by atoms with Crippen LogP contribution in [0.4, 0.5) is 5.69 Å². The van der Waals surface area contributed by atoms with Crippen LogP contribution in [0, 0.1) is 11.8 Å². The van der Waals surface area contributed by atoms with Crippen molar-refractivity contribution in [3.05, 3.63) is 30.3 Å². The topological polar surface area (TPSA) is 49.4 Å². The van der Waals surface area contributed by atoms with E-state index in [0.717, 1.165) is 24.4 Å². The summed E-state index contributed by atoms with van der Waals surface area (Å²) in [5.74, 6) is 0.650. The lowest BCUT2D eigenvalue weighted by molar-refractivity contribution is -0.127. The molecular weight excluding hydrogens is 276 g/mol. The number of nitrogens with zero attached hydrogens (tertiary/aromatic N) is 1. The predicted octanol–water partition coefficient (Wildman–Crippen LogP) is 2.73. The predicted molar refractivity (Wildman–Crippen MR) is 86.5 cm³/mol. The van der Waals surface area contributed by atoms with Crippen molar-refractivity contribution in [1.82, 2.24) is 5.32 Å². The molecule has 0 aromatic heterocycles. The van der Waals surface area contributed by atoms with Crippen LogP contribution >= 0.6 is 0 Å². The average Bonchev–Trinajstić information content (AvgIpc) is 2.92. The lowest BCUT2D eigenvalue weighted by Gasteiger charge is -2.27. The molecule has 3 rings (SSSR count). The first-order valence-electron chi connectivity index (χ1n) is 8.29. The minimum Gasteiger partial charge on any atom is -0.353 e. The molecule has 1 aromatic rings. The highest BCUT2D eigenvalue weighted by molar-refractivity contribution is 6.00. The SMILES string of the molecule is CC1CCC(NC(=O)[C@@H]2CC(=O)N(c3ccccc3)C2)CC1. The number of carbonyl (C=O) groups is 2. The zero-order valence-corrected chi connectivity index (χ0v) is 13.1. The van der Waals surface area contributed by atoms with E-state index in [2.05, 4.69) is 12.2 Å². The molecular formula is C18H24N2O2. The van der Waals surface area contributed by atoms with Gasteiger partial charge in [-0.15, -0.1) is 0 Å². The molecule has 4 nitrogen and oxygen atoms in total. The van der Waals surface area contributed by atoms with Gasteiger partial charge >= 0.3 is 0 Å². The molecule has 1 atom stereocenters. The zero-order valence-electron chi connectivity index (χ0n) is 13.1. The molecule has 0 radical (unpaired) electrons. The molecule has 1 heterocycles. The summed E-state index contributed by atoms with van der Waals surface area (Å²) >= 11 is 0. The van der Waals surface area contributed by atoms with Crippen molar-refractivity contribution in [2.24, 2.45) is 11.8 Å². The molecule has 4 heteroatoms. The second-order valence-corrected chi connectivity index (χ2v) is 6.71. The minimum atomic E-state index is -0.216. The molecule has 1 aliphatic carbocycles. The third kappa shape index (κ3) is 3.32. The van der Waals surface area contributed by atoms with Crippen LogP contribution in [0.5, 0.6) is 0 Å². The monoisotopic (exact) mass is 300 g/mol. The maximum absolute atomic E-state index is 12.4. The van der Waals surface area contributed by atoms with Crippen LogP contribution in [0.15, 0.2) is 30.3 Å². The van der Waals surface area contributed by atoms with E-state index in [1.54, 1.807) is 4.90 Å². The van der Waals surface area contributed by atoms with E-state index in [0.29, 0.717) is 19.0 Å². The molecule has 0 spiro atoms. The number of carbonyl (C=O) groups excluding carboxylic acids is 2. The number of para-hydroxylation sites is 1. The van der Waals surface area contributed by atoms with Crippen molar-refractivity contribution in [1.29, 1.82) is 0 Å². The van der Waals surface area contributed by atoms with Crippen molar-refractivity contribution < 1.29 is 9.59 Å². The molecule has 118 valence electrons. The third-order valence-corrected chi connectivity index (χ3v) is 4.93. The Balaban J connectivity index is 1.57. The van der Waals surface area contributed by atoms with E-state index in [1.807, 2.05) is 30.3 Å². The van der Waals surface area contributed by atoms with Crippen LogP contribution in [0.25, 0.3) is 0 Å². The zero-order chi connectivity index (χ0) is 15.5. The Morgan fingerprint density at radius 3 is 2.50 bits per heavy atom. The molecule has 2 aliphatic rings. The second kappa shape index (κ2) is 6.51. The Bertz CT molecular complexity index is 535. The van der Waals surface area contributed by atoms with E-state index in [-0.39, 0.29) is 17.7 Å². The first-order valence-corrected chi connectivity index (χ1v) is 8.29. The number of nitrogens with one attached hydrogen (secondary N) is 1. The van der Waals surface area contributed by atoms with Gasteiger partial charge in [0.2, 0.25) is 11.8 Å². The van der Waals surface area contributed by atoms with Crippen molar-refractivity contribution in [2.75, 3.05) is 11.4 Å². The highest BCUT2D eigenvalue weighted by atomic mass is 16.2. The van der Waals surface area contributed by atoms with Crippen LogP contribution < -0.4 is 10.2 Å². The molecule has 22 heavy (non-hydrogen) atoms. The molecule has 1 N–H and O–H groups in total. The van der Waals surface area contributed by atoms with Gasteiger partial charge in [0.25, 0.3) is 0 Å². The molecule has 1 aliphatic heterocycles. The quantitative estimate of drug-likeness (QED) is 0.933. The van der Waals surface area contributed by atoms with Gasteiger partial charge in [0.05, 0.1) is 5.92 Å². The maximum Gasteiger partial charge on any atom is 0.227 e. The first kappa shape index (κ1) is 15.1. The molecule has 0 bridgehead atoms. The summed E-state index contributed by atoms with van der Waals surface area (Å²) in [5.41, 5.74) is 0.884. The number of hydrogen-bond acceptors (Lipinski definition) is 2. The summed E-state index contributed by atoms with van der Waals surface area (Å²) in [7, 11) is 0. The Kier molecular flexibility index (Phi) is 4.46. The lowest BCUT2D eigenvalue weighted by atomic mass is 9.87. The average molecular weight is 300 g/mol. The molecule has 1 aromatic carbocycles. The summed E-state index contributed by atoms with van der Waals surface area (Å²) in [6.07, 6.45) is 4.82. The van der Waals surface area contributed by atoms with Crippen molar-refractivity contribution >= 4 is 17.5 Å². The number of amides is 2. The summed E-state index contributed by atoms with van der Waals surface area (Å²) in [6, 6.07) is 9.89. The van der Waals surface area contributed by atoms with Gasteiger partial charge in [-0.1, -0.05) is 25.1 Å².